The Bertz CT molecular complexity index is 1220. The van der Waals surface area contributed by atoms with Gasteiger partial charge in [-0.3, -0.25) is 19.3 Å². The molecular weight excluding hydrogens is 526 g/mol. The molecule has 0 bridgehead atoms. The van der Waals surface area contributed by atoms with Gasteiger partial charge >= 0.3 is 0 Å². The Balaban J connectivity index is 1.63. The van der Waals surface area contributed by atoms with Gasteiger partial charge in [0.15, 0.2) is 0 Å². The number of imide groups is 1. The molecule has 2 aromatic carbocycles. The number of rotatable bonds is 11. The predicted molar refractivity (Wildman–Crippen MR) is 142 cm³/mol. The van der Waals surface area contributed by atoms with E-state index in [1.807, 2.05) is 0 Å². The number of aliphatic hydroxyl groups is 1. The van der Waals surface area contributed by atoms with Gasteiger partial charge in [-0.15, -0.1) is 11.8 Å². The molecule has 1 saturated heterocycles. The summed E-state index contributed by atoms with van der Waals surface area (Å²) in [5.74, 6) is -0.335. The maximum atomic E-state index is 13.4. The van der Waals surface area contributed by atoms with Crippen LogP contribution in [0.15, 0.2) is 53.6 Å². The lowest BCUT2D eigenvalue weighted by Gasteiger charge is -2.46. The van der Waals surface area contributed by atoms with Crippen LogP contribution < -0.4 is 10.1 Å². The molecule has 2 aliphatic rings. The number of hydrogen-bond donors (Lipinski definition) is 2. The molecule has 206 valence electrons. The summed E-state index contributed by atoms with van der Waals surface area (Å²) >= 11 is 1.19. The molecule has 5 atom stereocenters. The Labute approximate surface area is 229 Å². The molecule has 2 aliphatic heterocycles. The van der Waals surface area contributed by atoms with E-state index in [2.05, 4.69) is 15.3 Å². The number of thioether (sulfide) groups is 1. The minimum absolute atomic E-state index is 0.0746. The summed E-state index contributed by atoms with van der Waals surface area (Å²) in [6, 6.07) is 12.4. The fourth-order valence-electron chi connectivity index (χ4n) is 4.57. The number of amides is 3. The summed E-state index contributed by atoms with van der Waals surface area (Å²) in [6.45, 7) is -0.0760. The van der Waals surface area contributed by atoms with Gasteiger partial charge in [0.05, 0.1) is 37.5 Å². The molecular formula is C26H29N5O7S. The van der Waals surface area contributed by atoms with Gasteiger partial charge in [-0.2, -0.15) is 0 Å². The first-order chi connectivity index (χ1) is 18.9. The molecule has 2 N–H and O–H groups in total. The lowest BCUT2D eigenvalue weighted by molar-refractivity contribution is -0.191. The van der Waals surface area contributed by atoms with E-state index < -0.39 is 41.6 Å². The first-order valence-corrected chi connectivity index (χ1v) is 13.3. The monoisotopic (exact) mass is 555 g/mol. The van der Waals surface area contributed by atoms with E-state index in [1.54, 1.807) is 55.6 Å². The van der Waals surface area contributed by atoms with E-state index in [0.29, 0.717) is 11.5 Å². The molecule has 39 heavy (non-hydrogen) atoms. The smallest absolute Gasteiger partial charge is 0.262 e. The van der Waals surface area contributed by atoms with Crippen molar-refractivity contribution < 1.29 is 33.7 Å². The average molecular weight is 556 g/mol. The normalized spacial score (nSPS) is 24.2. The molecule has 1 fully saturated rings. The zero-order chi connectivity index (χ0) is 27.9. The van der Waals surface area contributed by atoms with E-state index in [9.17, 15) is 19.5 Å². The Morgan fingerprint density at radius 3 is 2.44 bits per heavy atom. The molecule has 0 saturated carbocycles. The number of methoxy groups -OCH3 is 1. The largest absolute Gasteiger partial charge is 0.497 e. The summed E-state index contributed by atoms with van der Waals surface area (Å²) in [7, 11) is 3.08. The third-order valence-electron chi connectivity index (χ3n) is 6.58. The Kier molecular flexibility index (Phi) is 9.44. The van der Waals surface area contributed by atoms with Crippen molar-refractivity contribution in [1.82, 2.24) is 10.2 Å². The maximum Gasteiger partial charge on any atom is 0.262 e. The zero-order valence-electron chi connectivity index (χ0n) is 21.4. The van der Waals surface area contributed by atoms with Crippen LogP contribution in [-0.2, 0) is 20.9 Å². The van der Waals surface area contributed by atoms with Crippen molar-refractivity contribution in [2.24, 2.45) is 5.11 Å². The highest BCUT2D eigenvalue weighted by Gasteiger charge is 2.53. The van der Waals surface area contributed by atoms with Crippen LogP contribution in [0.25, 0.3) is 10.4 Å². The standard InChI is InChI=1S/C26H29N5O7S/c1-28-20(32)11-12-39-26-21(31-24(34)17-5-3-4-6-18(17)25(31)35)22(33)23(19(38-26)13-29-30-27)37-14-15-7-9-16(36-2)10-8-15/h3-10,19,21-23,26,33H,11-14H2,1-2H3,(H,28,32)/t19-,21-,22-,23-,26+/m1/s1. The number of hydrogen-bond acceptors (Lipinski definition) is 9. The highest BCUT2D eigenvalue weighted by Crippen LogP contribution is 2.37. The molecule has 2 aromatic rings. The molecule has 0 unspecified atom stereocenters. The van der Waals surface area contributed by atoms with Gasteiger partial charge in [0.1, 0.15) is 29.4 Å². The molecule has 13 heteroatoms. The fourth-order valence-corrected chi connectivity index (χ4v) is 5.81. The summed E-state index contributed by atoms with van der Waals surface area (Å²) < 4.78 is 17.5. The van der Waals surface area contributed by atoms with Crippen LogP contribution in [0.2, 0.25) is 0 Å². The fraction of sp³-hybridized carbons (Fsp3) is 0.423. The Morgan fingerprint density at radius 1 is 1.18 bits per heavy atom. The summed E-state index contributed by atoms with van der Waals surface area (Å²) in [5, 5.41) is 17.8. The van der Waals surface area contributed by atoms with E-state index in [4.69, 9.17) is 19.7 Å². The topological polar surface area (TPSA) is 163 Å². The predicted octanol–water partition coefficient (Wildman–Crippen LogP) is 2.51. The molecule has 2 heterocycles. The Hall–Kier alpha value is -3.61. The maximum absolute atomic E-state index is 13.4. The van der Waals surface area contributed by atoms with Crippen molar-refractivity contribution in [2.45, 2.75) is 42.8 Å². The molecule has 0 aliphatic carbocycles. The molecule has 0 radical (unpaired) electrons. The zero-order valence-corrected chi connectivity index (χ0v) is 22.2. The molecule has 0 spiro atoms. The second-order valence-corrected chi connectivity index (χ2v) is 10.1. The summed E-state index contributed by atoms with van der Waals surface area (Å²) in [6.07, 6.45) is -3.14. The first-order valence-electron chi connectivity index (χ1n) is 12.3. The second-order valence-electron chi connectivity index (χ2n) is 8.88. The van der Waals surface area contributed by atoms with E-state index >= 15 is 0 Å². The molecule has 4 rings (SSSR count). The van der Waals surface area contributed by atoms with Crippen molar-refractivity contribution in [3.63, 3.8) is 0 Å². The van der Waals surface area contributed by atoms with Crippen LogP contribution >= 0.6 is 11.8 Å². The van der Waals surface area contributed by atoms with Gasteiger partial charge in [-0.25, -0.2) is 0 Å². The third-order valence-corrected chi connectivity index (χ3v) is 7.74. The second kappa shape index (κ2) is 13.0. The molecule has 12 nitrogen and oxygen atoms in total. The van der Waals surface area contributed by atoms with Crippen LogP contribution in [0.3, 0.4) is 0 Å². The van der Waals surface area contributed by atoms with Gasteiger partial charge in [-0.05, 0) is 35.4 Å². The number of carbonyl (C=O) groups is 3. The van der Waals surface area contributed by atoms with Gasteiger partial charge in [-0.1, -0.05) is 29.4 Å². The highest BCUT2D eigenvalue weighted by molar-refractivity contribution is 7.99. The Morgan fingerprint density at radius 2 is 1.85 bits per heavy atom. The SMILES string of the molecule is CNC(=O)CCS[C@@H]1O[C@H](CN=[N+]=[N-])[C@@H](OCc2ccc(OC)cc2)[C@H](O)[C@H]1N1C(=O)c2ccccc2C1=O. The number of nitrogens with zero attached hydrogens (tertiary/aromatic N) is 4. The van der Waals surface area contributed by atoms with Gasteiger partial charge < -0.3 is 24.6 Å². The number of aliphatic hydroxyl groups excluding tert-OH is 1. The van der Waals surface area contributed by atoms with Crippen molar-refractivity contribution >= 4 is 29.5 Å². The van der Waals surface area contributed by atoms with E-state index in [-0.39, 0.29) is 36.6 Å². The number of azide groups is 1. The first kappa shape index (κ1) is 28.4. The number of carbonyl (C=O) groups excluding carboxylic acids is 3. The number of ether oxygens (including phenoxy) is 3. The number of benzene rings is 2. The minimum atomic E-state index is -1.38. The number of fused-ring (bicyclic) bond motifs is 1. The van der Waals surface area contributed by atoms with Crippen molar-refractivity contribution in [2.75, 3.05) is 26.5 Å². The van der Waals surface area contributed by atoms with Gasteiger partial charge in [0, 0.05) is 24.1 Å². The van der Waals surface area contributed by atoms with Crippen LogP contribution in [0, 0.1) is 0 Å². The van der Waals surface area contributed by atoms with Crippen molar-refractivity contribution in [3.8, 4) is 5.75 Å². The van der Waals surface area contributed by atoms with Crippen LogP contribution in [0.4, 0.5) is 0 Å². The lowest BCUT2D eigenvalue weighted by atomic mass is 9.96. The third kappa shape index (κ3) is 6.18. The van der Waals surface area contributed by atoms with Gasteiger partial charge in [0.2, 0.25) is 5.91 Å². The van der Waals surface area contributed by atoms with Crippen molar-refractivity contribution in [3.05, 3.63) is 75.7 Å². The molecule has 0 aromatic heterocycles. The van der Waals surface area contributed by atoms with Gasteiger partial charge in [0.25, 0.3) is 11.8 Å². The van der Waals surface area contributed by atoms with Crippen LogP contribution in [-0.4, -0.2) is 84.0 Å². The number of nitrogens with one attached hydrogen (secondary N) is 1. The van der Waals surface area contributed by atoms with Crippen molar-refractivity contribution in [1.29, 1.82) is 0 Å². The van der Waals surface area contributed by atoms with Crippen LogP contribution in [0.1, 0.15) is 32.7 Å². The quantitative estimate of drug-likeness (QED) is 0.185. The summed E-state index contributed by atoms with van der Waals surface area (Å²) in [5.41, 5.74) is 9.27. The average Bonchev–Trinajstić information content (AvgIpc) is 3.21. The molecule has 3 amide bonds. The lowest BCUT2D eigenvalue weighted by Crippen LogP contribution is -2.64. The minimum Gasteiger partial charge on any atom is -0.497 e. The van der Waals surface area contributed by atoms with E-state index in [0.717, 1.165) is 10.5 Å². The highest BCUT2D eigenvalue weighted by atomic mass is 32.2. The van der Waals surface area contributed by atoms with Crippen LogP contribution in [0.5, 0.6) is 5.75 Å². The van der Waals surface area contributed by atoms with E-state index in [1.165, 1.54) is 18.8 Å². The summed E-state index contributed by atoms with van der Waals surface area (Å²) in [4.78, 5) is 42.4.